The fourth-order valence-electron chi connectivity index (χ4n) is 2.49. The predicted octanol–water partition coefficient (Wildman–Crippen LogP) is 2.84. The SMILES string of the molecule is COCCC(C)Nc1nccn1C1CCCC1. The number of nitrogens with one attached hydrogen (secondary N) is 1. The van der Waals surface area contributed by atoms with E-state index in [0.29, 0.717) is 12.1 Å². The van der Waals surface area contributed by atoms with Crippen molar-refractivity contribution in [3.05, 3.63) is 12.4 Å². The van der Waals surface area contributed by atoms with Gasteiger partial charge in [0.25, 0.3) is 0 Å². The van der Waals surface area contributed by atoms with Crippen LogP contribution in [0.2, 0.25) is 0 Å². The molecule has 1 N–H and O–H groups in total. The Bertz CT molecular complexity index is 331. The molecule has 1 heterocycles. The molecule has 1 atom stereocenters. The monoisotopic (exact) mass is 237 g/mol. The first-order valence-corrected chi connectivity index (χ1v) is 6.59. The highest BCUT2D eigenvalue weighted by atomic mass is 16.5. The molecule has 0 radical (unpaired) electrons. The normalized spacial score (nSPS) is 18.5. The van der Waals surface area contributed by atoms with Gasteiger partial charge in [0.15, 0.2) is 0 Å². The minimum atomic E-state index is 0.400. The molecule has 1 aromatic rings. The van der Waals surface area contributed by atoms with E-state index in [1.165, 1.54) is 25.7 Å². The second-order valence-corrected chi connectivity index (χ2v) is 4.92. The van der Waals surface area contributed by atoms with E-state index in [-0.39, 0.29) is 0 Å². The summed E-state index contributed by atoms with van der Waals surface area (Å²) < 4.78 is 7.40. The Balaban J connectivity index is 1.93. The molecule has 0 amide bonds. The van der Waals surface area contributed by atoms with E-state index >= 15 is 0 Å². The van der Waals surface area contributed by atoms with E-state index in [9.17, 15) is 0 Å². The summed E-state index contributed by atoms with van der Waals surface area (Å²) in [5.74, 6) is 1.01. The fourth-order valence-corrected chi connectivity index (χ4v) is 2.49. The average molecular weight is 237 g/mol. The van der Waals surface area contributed by atoms with Gasteiger partial charge >= 0.3 is 0 Å². The van der Waals surface area contributed by atoms with Crippen LogP contribution in [0.4, 0.5) is 5.95 Å². The summed E-state index contributed by atoms with van der Waals surface area (Å²) in [4.78, 5) is 4.42. The van der Waals surface area contributed by atoms with Crippen LogP contribution >= 0.6 is 0 Å². The van der Waals surface area contributed by atoms with Crippen molar-refractivity contribution in [2.45, 2.75) is 51.1 Å². The Kier molecular flexibility index (Phi) is 4.42. The first kappa shape index (κ1) is 12.4. The van der Waals surface area contributed by atoms with Crippen LogP contribution in [0.5, 0.6) is 0 Å². The van der Waals surface area contributed by atoms with Crippen molar-refractivity contribution in [2.24, 2.45) is 0 Å². The second kappa shape index (κ2) is 6.05. The third-order valence-corrected chi connectivity index (χ3v) is 3.52. The highest BCUT2D eigenvalue weighted by molar-refractivity contribution is 5.28. The number of nitrogens with zero attached hydrogens (tertiary/aromatic N) is 2. The molecule has 96 valence electrons. The zero-order valence-electron chi connectivity index (χ0n) is 10.9. The Morgan fingerprint density at radius 1 is 1.53 bits per heavy atom. The minimum absolute atomic E-state index is 0.400. The number of ether oxygens (including phenoxy) is 1. The van der Waals surface area contributed by atoms with Gasteiger partial charge in [-0.25, -0.2) is 4.98 Å². The van der Waals surface area contributed by atoms with Gasteiger partial charge in [-0.05, 0) is 26.2 Å². The maximum Gasteiger partial charge on any atom is 0.203 e. The molecule has 1 fully saturated rings. The Labute approximate surface area is 103 Å². The van der Waals surface area contributed by atoms with E-state index in [0.717, 1.165) is 19.0 Å². The lowest BCUT2D eigenvalue weighted by molar-refractivity contribution is 0.191. The molecular weight excluding hydrogens is 214 g/mol. The van der Waals surface area contributed by atoms with E-state index < -0.39 is 0 Å². The number of rotatable bonds is 6. The Morgan fingerprint density at radius 3 is 3.00 bits per heavy atom. The van der Waals surface area contributed by atoms with Gasteiger partial charge in [0.1, 0.15) is 0 Å². The molecule has 1 aromatic heterocycles. The maximum absolute atomic E-state index is 5.09. The van der Waals surface area contributed by atoms with Crippen LogP contribution in [0.15, 0.2) is 12.4 Å². The molecule has 1 saturated carbocycles. The van der Waals surface area contributed by atoms with Gasteiger partial charge in [0.2, 0.25) is 5.95 Å². The van der Waals surface area contributed by atoms with Gasteiger partial charge in [0.05, 0.1) is 0 Å². The first-order chi connectivity index (χ1) is 8.31. The maximum atomic E-state index is 5.09. The summed E-state index contributed by atoms with van der Waals surface area (Å²) in [7, 11) is 1.74. The summed E-state index contributed by atoms with van der Waals surface area (Å²) in [5, 5.41) is 3.47. The Hall–Kier alpha value is -1.03. The largest absolute Gasteiger partial charge is 0.385 e. The van der Waals surface area contributed by atoms with Crippen molar-refractivity contribution in [3.63, 3.8) is 0 Å². The molecule has 0 aromatic carbocycles. The fraction of sp³-hybridized carbons (Fsp3) is 0.769. The Morgan fingerprint density at radius 2 is 2.29 bits per heavy atom. The number of aromatic nitrogens is 2. The summed E-state index contributed by atoms with van der Waals surface area (Å²) in [5.41, 5.74) is 0. The molecule has 17 heavy (non-hydrogen) atoms. The molecule has 4 heteroatoms. The summed E-state index contributed by atoms with van der Waals surface area (Å²) in [6, 6.07) is 1.05. The third kappa shape index (κ3) is 3.22. The van der Waals surface area contributed by atoms with Gasteiger partial charge in [-0.2, -0.15) is 0 Å². The zero-order valence-corrected chi connectivity index (χ0v) is 10.9. The van der Waals surface area contributed by atoms with Crippen LogP contribution < -0.4 is 5.32 Å². The molecule has 1 aliphatic rings. The summed E-state index contributed by atoms with van der Waals surface area (Å²) in [6.45, 7) is 2.96. The molecule has 1 unspecified atom stereocenters. The minimum Gasteiger partial charge on any atom is -0.385 e. The quantitative estimate of drug-likeness (QED) is 0.827. The van der Waals surface area contributed by atoms with Crippen LogP contribution in [0.1, 0.15) is 45.1 Å². The van der Waals surface area contributed by atoms with E-state index in [1.54, 1.807) is 7.11 Å². The average Bonchev–Trinajstić information content (AvgIpc) is 2.95. The van der Waals surface area contributed by atoms with Gasteiger partial charge in [-0.3, -0.25) is 0 Å². The molecular formula is C13H23N3O. The van der Waals surface area contributed by atoms with Crippen LogP contribution in [0, 0.1) is 0 Å². The third-order valence-electron chi connectivity index (χ3n) is 3.52. The molecule has 0 saturated heterocycles. The second-order valence-electron chi connectivity index (χ2n) is 4.92. The molecule has 1 aliphatic carbocycles. The topological polar surface area (TPSA) is 39.1 Å². The molecule has 4 nitrogen and oxygen atoms in total. The van der Waals surface area contributed by atoms with Crippen LogP contribution in [-0.4, -0.2) is 29.3 Å². The first-order valence-electron chi connectivity index (χ1n) is 6.59. The highest BCUT2D eigenvalue weighted by Crippen LogP contribution is 2.31. The van der Waals surface area contributed by atoms with Crippen molar-refractivity contribution in [1.29, 1.82) is 0 Å². The number of methoxy groups -OCH3 is 1. The lowest BCUT2D eigenvalue weighted by Gasteiger charge is -2.19. The van der Waals surface area contributed by atoms with Crippen molar-refractivity contribution < 1.29 is 4.74 Å². The lowest BCUT2D eigenvalue weighted by Crippen LogP contribution is -2.21. The van der Waals surface area contributed by atoms with Crippen LogP contribution in [0.3, 0.4) is 0 Å². The van der Waals surface area contributed by atoms with E-state index in [2.05, 4.69) is 28.0 Å². The van der Waals surface area contributed by atoms with E-state index in [4.69, 9.17) is 4.74 Å². The van der Waals surface area contributed by atoms with Gasteiger partial charge in [0, 0.05) is 38.2 Å². The van der Waals surface area contributed by atoms with Gasteiger partial charge < -0.3 is 14.6 Å². The van der Waals surface area contributed by atoms with E-state index in [1.807, 2.05) is 6.20 Å². The van der Waals surface area contributed by atoms with Crippen molar-refractivity contribution in [3.8, 4) is 0 Å². The number of anilines is 1. The van der Waals surface area contributed by atoms with Gasteiger partial charge in [-0.1, -0.05) is 12.8 Å². The van der Waals surface area contributed by atoms with Crippen molar-refractivity contribution >= 4 is 5.95 Å². The standard InChI is InChI=1S/C13H23N3O/c1-11(7-10-17-2)15-13-14-8-9-16(13)12-5-3-4-6-12/h8-9,11-12H,3-7,10H2,1-2H3,(H,14,15). The number of hydrogen-bond acceptors (Lipinski definition) is 3. The molecule has 0 bridgehead atoms. The summed E-state index contributed by atoms with van der Waals surface area (Å²) >= 11 is 0. The molecule has 2 rings (SSSR count). The highest BCUT2D eigenvalue weighted by Gasteiger charge is 2.19. The van der Waals surface area contributed by atoms with Crippen LogP contribution in [-0.2, 0) is 4.74 Å². The zero-order chi connectivity index (χ0) is 12.1. The number of hydrogen-bond donors (Lipinski definition) is 1. The van der Waals surface area contributed by atoms with Crippen molar-refractivity contribution in [1.82, 2.24) is 9.55 Å². The predicted molar refractivity (Wildman–Crippen MR) is 69.3 cm³/mol. The summed E-state index contributed by atoms with van der Waals surface area (Å²) in [6.07, 6.45) is 10.3. The smallest absolute Gasteiger partial charge is 0.203 e. The van der Waals surface area contributed by atoms with Gasteiger partial charge in [-0.15, -0.1) is 0 Å². The van der Waals surface area contributed by atoms with Crippen molar-refractivity contribution in [2.75, 3.05) is 19.0 Å². The molecule has 0 spiro atoms. The van der Waals surface area contributed by atoms with Crippen LogP contribution in [0.25, 0.3) is 0 Å². The molecule has 0 aliphatic heterocycles. The number of imidazole rings is 1. The lowest BCUT2D eigenvalue weighted by atomic mass is 10.2.